The minimum Gasteiger partial charge on any atom is -0.369 e. The molecule has 0 radical (unpaired) electrons. The molecule has 0 spiro atoms. The summed E-state index contributed by atoms with van der Waals surface area (Å²) in [5.74, 6) is -0.834. The maximum atomic E-state index is 13.3. The molecule has 3 rings (SSSR count). The Morgan fingerprint density at radius 1 is 1.24 bits per heavy atom. The number of anilines is 1. The third-order valence-corrected chi connectivity index (χ3v) is 7.04. The molecule has 15 heteroatoms. The summed E-state index contributed by atoms with van der Waals surface area (Å²) in [5, 5.41) is 24.2. The van der Waals surface area contributed by atoms with Gasteiger partial charge in [-0.3, -0.25) is 4.79 Å². The molecule has 1 amide bonds. The number of hydrogen-bond acceptors (Lipinski definition) is 5. The van der Waals surface area contributed by atoms with E-state index in [2.05, 4.69) is 10.4 Å². The smallest absolute Gasteiger partial charge is 0.310 e. The fourth-order valence-electron chi connectivity index (χ4n) is 3.33. The normalized spacial score (nSPS) is 17.1. The van der Waals surface area contributed by atoms with E-state index >= 15 is 0 Å². The van der Waals surface area contributed by atoms with Crippen molar-refractivity contribution in [2.75, 3.05) is 11.9 Å². The number of halogens is 7. The highest BCUT2D eigenvalue weighted by Crippen LogP contribution is 3.02. The average molecular weight is 543 g/mol. The number of carbonyl (C=O) groups excluding carboxylic acids is 1. The Balaban J connectivity index is 2.32. The lowest BCUT2D eigenvalue weighted by atomic mass is 9.93. The van der Waals surface area contributed by atoms with Crippen LogP contribution in [0.1, 0.15) is 37.9 Å². The van der Waals surface area contributed by atoms with Crippen LogP contribution in [0.15, 0.2) is 17.0 Å². The molecule has 7 nitrogen and oxygen atoms in total. The maximum Gasteiger partial charge on any atom is 0.310 e. The van der Waals surface area contributed by atoms with Crippen LogP contribution in [-0.2, 0) is 10.2 Å². The third kappa shape index (κ3) is 4.60. The second-order valence-electron chi connectivity index (χ2n) is 8.60. The number of amides is 1. The first kappa shape index (κ1) is 25.9. The van der Waals surface area contributed by atoms with Gasteiger partial charge in [-0.05, 0) is 38.8 Å². The molecule has 2 aromatic rings. The molecule has 1 fully saturated rings. The molecule has 3 N–H and O–H groups in total. The molecule has 184 valence electrons. The number of carbonyl (C=O) groups is 1. The van der Waals surface area contributed by atoms with Gasteiger partial charge in [0.25, 0.3) is 0 Å². The number of nitrogens with two attached hydrogens (primary N) is 1. The second-order valence-corrected chi connectivity index (χ2v) is 11.8. The molecular formula is C19H17Cl2F5N6OS. The highest BCUT2D eigenvalue weighted by molar-refractivity contribution is 8.45. The molecule has 1 heterocycles. The summed E-state index contributed by atoms with van der Waals surface area (Å²) in [6.07, 6.45) is 0.535. The predicted octanol–water partition coefficient (Wildman–Crippen LogP) is 6.19. The first-order chi connectivity index (χ1) is 15.3. The van der Waals surface area contributed by atoms with E-state index in [4.69, 9.17) is 28.9 Å². The van der Waals surface area contributed by atoms with Gasteiger partial charge in [0.2, 0.25) is 5.91 Å². The van der Waals surface area contributed by atoms with Gasteiger partial charge in [-0.15, -0.1) is 0 Å². The van der Waals surface area contributed by atoms with Crippen molar-refractivity contribution in [3.8, 4) is 17.8 Å². The summed E-state index contributed by atoms with van der Waals surface area (Å²) in [6, 6.07) is 3.87. The molecule has 1 saturated carbocycles. The molecule has 1 aromatic carbocycles. The number of nitrogens with zero attached hydrogens (tertiary/aromatic N) is 4. The Bertz CT molecular complexity index is 1280. The van der Waals surface area contributed by atoms with Gasteiger partial charge in [-0.2, -0.15) is 15.6 Å². The van der Waals surface area contributed by atoms with Gasteiger partial charge in [-0.1, -0.05) is 42.6 Å². The number of nitriles is 2. The van der Waals surface area contributed by atoms with Crippen molar-refractivity contribution in [3.63, 3.8) is 0 Å². The summed E-state index contributed by atoms with van der Waals surface area (Å²) >= 11 is 11.9. The summed E-state index contributed by atoms with van der Waals surface area (Å²) < 4.78 is 67.4. The molecule has 0 unspecified atom stereocenters. The van der Waals surface area contributed by atoms with E-state index < -0.39 is 47.6 Å². The van der Waals surface area contributed by atoms with Gasteiger partial charge in [-0.25, -0.2) is 4.68 Å². The van der Waals surface area contributed by atoms with Gasteiger partial charge in [0.1, 0.15) is 22.5 Å². The third-order valence-electron chi connectivity index (χ3n) is 5.34. The molecule has 0 atom stereocenters. The van der Waals surface area contributed by atoms with Gasteiger partial charge in [0.05, 0.1) is 26.9 Å². The highest BCUT2D eigenvalue weighted by Gasteiger charge is 2.65. The lowest BCUT2D eigenvalue weighted by molar-refractivity contribution is -0.120. The zero-order valence-electron chi connectivity index (χ0n) is 17.6. The van der Waals surface area contributed by atoms with E-state index in [1.807, 2.05) is 6.07 Å². The van der Waals surface area contributed by atoms with E-state index in [1.165, 1.54) is 0 Å². The van der Waals surface area contributed by atoms with Gasteiger partial charge in [0.15, 0.2) is 5.69 Å². The van der Waals surface area contributed by atoms with Crippen LogP contribution in [0.5, 0.6) is 0 Å². The van der Waals surface area contributed by atoms with Crippen LogP contribution >= 0.6 is 33.4 Å². The van der Waals surface area contributed by atoms with Gasteiger partial charge in [0, 0.05) is 12.1 Å². The van der Waals surface area contributed by atoms with Crippen LogP contribution in [-0.4, -0.2) is 22.2 Å². The van der Waals surface area contributed by atoms with Crippen molar-refractivity contribution < 1.29 is 24.2 Å². The lowest BCUT2D eigenvalue weighted by Crippen LogP contribution is -2.30. The Kier molecular flexibility index (Phi) is 5.43. The lowest BCUT2D eigenvalue weighted by Gasteiger charge is -2.40. The van der Waals surface area contributed by atoms with E-state index in [-0.39, 0.29) is 48.6 Å². The number of aromatic nitrogens is 2. The number of nitrogens with one attached hydrogen (secondary N) is 1. The van der Waals surface area contributed by atoms with Crippen molar-refractivity contribution in [2.24, 2.45) is 11.1 Å². The van der Waals surface area contributed by atoms with Crippen LogP contribution in [0.25, 0.3) is 5.69 Å². The van der Waals surface area contributed by atoms with Gasteiger partial charge >= 0.3 is 10.2 Å². The number of benzene rings is 1. The van der Waals surface area contributed by atoms with Crippen molar-refractivity contribution in [1.82, 2.24) is 9.78 Å². The zero-order chi connectivity index (χ0) is 26.0. The molecule has 0 aliphatic heterocycles. The Hall–Kier alpha value is -2.74. The van der Waals surface area contributed by atoms with Crippen molar-refractivity contribution in [3.05, 3.63) is 33.4 Å². The molecule has 0 saturated heterocycles. The molecule has 1 aliphatic rings. The molecule has 0 bridgehead atoms. The average Bonchev–Trinajstić information content (AvgIpc) is 3.41. The monoisotopic (exact) mass is 542 g/mol. The minimum absolute atomic E-state index is 0.0156. The topological polar surface area (TPSA) is 121 Å². The van der Waals surface area contributed by atoms with E-state index in [9.17, 15) is 34.7 Å². The van der Waals surface area contributed by atoms with Crippen LogP contribution in [0, 0.1) is 28.1 Å². The van der Waals surface area contributed by atoms with Crippen molar-refractivity contribution in [2.45, 2.75) is 37.0 Å². The molecule has 34 heavy (non-hydrogen) atoms. The first-order valence-corrected chi connectivity index (χ1v) is 12.2. The fraction of sp³-hybridized carbons (Fsp3) is 0.368. The number of primary amides is 1. The number of rotatable bonds is 7. The van der Waals surface area contributed by atoms with E-state index in [0.29, 0.717) is 0 Å². The standard InChI is InChI=1S/C19H17Cl2F5N6OS/c1-18(2,8-28)9-30-16-14(19(3-4-19)17(29)33)13(7-27)31-32(16)15-11(20)5-10(6-12(15)21)34(22,23,24,25)26/h5-6,30H,3-4,9H2,1-2H3,(H2,29,33). The zero-order valence-corrected chi connectivity index (χ0v) is 19.9. The fourth-order valence-corrected chi connectivity index (χ4v) is 4.79. The second kappa shape index (κ2) is 7.13. The summed E-state index contributed by atoms with van der Waals surface area (Å²) in [7, 11) is -10.1. The quantitative estimate of drug-likeness (QED) is 0.404. The summed E-state index contributed by atoms with van der Waals surface area (Å²) in [6.45, 7) is 3.10. The Labute approximate surface area is 200 Å². The summed E-state index contributed by atoms with van der Waals surface area (Å²) in [4.78, 5) is 9.90. The Morgan fingerprint density at radius 3 is 2.15 bits per heavy atom. The largest absolute Gasteiger partial charge is 0.369 e. The van der Waals surface area contributed by atoms with Crippen LogP contribution in [0.3, 0.4) is 0 Å². The molecular weight excluding hydrogens is 526 g/mol. The SMILES string of the molecule is CC(C)(C#N)CNc1c(C2(C(N)=O)CC2)c(C#N)nn1-c1c(Cl)cc(S(F)(F)(F)(F)F)cc1Cl. The summed E-state index contributed by atoms with van der Waals surface area (Å²) in [5.41, 5.74) is 2.62. The van der Waals surface area contributed by atoms with Crippen molar-refractivity contribution >= 4 is 45.2 Å². The molecule has 1 aliphatic carbocycles. The van der Waals surface area contributed by atoms with E-state index in [1.54, 1.807) is 19.9 Å². The van der Waals surface area contributed by atoms with Crippen molar-refractivity contribution in [1.29, 1.82) is 10.5 Å². The number of hydrogen-bond donors (Lipinski definition) is 2. The first-order valence-electron chi connectivity index (χ1n) is 9.48. The van der Waals surface area contributed by atoms with Gasteiger partial charge < -0.3 is 11.1 Å². The minimum atomic E-state index is -10.1. The Morgan fingerprint density at radius 2 is 1.76 bits per heavy atom. The van der Waals surface area contributed by atoms with Crippen LogP contribution < -0.4 is 11.1 Å². The van der Waals surface area contributed by atoms with Crippen LogP contribution in [0.4, 0.5) is 25.2 Å². The predicted molar refractivity (Wildman–Crippen MR) is 118 cm³/mol. The van der Waals surface area contributed by atoms with Crippen LogP contribution in [0.2, 0.25) is 10.0 Å². The van der Waals surface area contributed by atoms with E-state index in [0.717, 1.165) is 4.68 Å². The molecule has 1 aromatic heterocycles. The highest BCUT2D eigenvalue weighted by atomic mass is 35.5. The maximum absolute atomic E-state index is 13.3.